The number of hydrogen-bond donors (Lipinski definition) is 1. The Morgan fingerprint density at radius 3 is 2.94 bits per heavy atom. The number of rotatable bonds is 4. The molecule has 0 bridgehead atoms. The molecule has 5 heteroatoms. The summed E-state index contributed by atoms with van der Waals surface area (Å²) in [5.74, 6) is 0. The van der Waals surface area contributed by atoms with Crippen molar-refractivity contribution in [3.05, 3.63) is 34.3 Å². The van der Waals surface area contributed by atoms with Crippen LogP contribution < -0.4 is 5.32 Å². The van der Waals surface area contributed by atoms with Crippen LogP contribution in [0.2, 0.25) is 0 Å². The van der Waals surface area contributed by atoms with Crippen LogP contribution in [0.3, 0.4) is 0 Å². The maximum absolute atomic E-state index is 4.47. The molecule has 1 atom stereocenters. The Hall–Kier alpha value is -1.20. The lowest BCUT2D eigenvalue weighted by atomic mass is 10.3. The fourth-order valence-corrected chi connectivity index (χ4v) is 2.30. The van der Waals surface area contributed by atoms with Gasteiger partial charge in [0.25, 0.3) is 0 Å². The molecular formula is C11H16N4S. The Balaban J connectivity index is 1.93. The molecule has 0 spiro atoms. The highest BCUT2D eigenvalue weighted by atomic mass is 32.1. The molecule has 2 heterocycles. The van der Waals surface area contributed by atoms with E-state index in [4.69, 9.17) is 0 Å². The first-order valence-corrected chi connectivity index (χ1v) is 6.15. The van der Waals surface area contributed by atoms with Crippen LogP contribution in [0.25, 0.3) is 0 Å². The molecule has 0 aliphatic rings. The third-order valence-corrected chi connectivity index (χ3v) is 3.66. The van der Waals surface area contributed by atoms with Crippen LogP contribution in [0.15, 0.2) is 17.9 Å². The van der Waals surface area contributed by atoms with E-state index in [2.05, 4.69) is 27.6 Å². The quantitative estimate of drug-likeness (QED) is 0.883. The van der Waals surface area contributed by atoms with E-state index in [0.717, 1.165) is 17.2 Å². The molecule has 0 radical (unpaired) electrons. The largest absolute Gasteiger partial charge is 0.337 e. The van der Waals surface area contributed by atoms with E-state index in [0.29, 0.717) is 0 Å². The average Bonchev–Trinajstić information content (AvgIpc) is 2.84. The number of nitrogens with one attached hydrogen (secondary N) is 1. The van der Waals surface area contributed by atoms with E-state index < -0.39 is 0 Å². The summed E-state index contributed by atoms with van der Waals surface area (Å²) < 4.78 is 2.02. The van der Waals surface area contributed by atoms with Gasteiger partial charge in [0.1, 0.15) is 5.01 Å². The zero-order valence-electron chi connectivity index (χ0n) is 9.77. The number of hydrogen-bond acceptors (Lipinski definition) is 4. The van der Waals surface area contributed by atoms with Crippen molar-refractivity contribution in [2.75, 3.05) is 0 Å². The zero-order chi connectivity index (χ0) is 11.5. The topological polar surface area (TPSA) is 42.7 Å². The molecule has 0 saturated carbocycles. The van der Waals surface area contributed by atoms with Gasteiger partial charge in [-0.1, -0.05) is 0 Å². The van der Waals surface area contributed by atoms with Gasteiger partial charge in [0.15, 0.2) is 0 Å². The van der Waals surface area contributed by atoms with Crippen LogP contribution in [-0.4, -0.2) is 14.5 Å². The molecule has 16 heavy (non-hydrogen) atoms. The molecule has 86 valence electrons. The summed E-state index contributed by atoms with van der Waals surface area (Å²) in [6, 6.07) is 0.286. The van der Waals surface area contributed by atoms with Crippen molar-refractivity contribution < 1.29 is 0 Å². The van der Waals surface area contributed by atoms with Gasteiger partial charge in [-0.15, -0.1) is 11.3 Å². The Kier molecular flexibility index (Phi) is 3.36. The van der Waals surface area contributed by atoms with E-state index in [1.165, 1.54) is 5.69 Å². The maximum atomic E-state index is 4.47. The van der Waals surface area contributed by atoms with Crippen molar-refractivity contribution in [3.8, 4) is 0 Å². The van der Waals surface area contributed by atoms with Crippen molar-refractivity contribution in [1.82, 2.24) is 19.9 Å². The summed E-state index contributed by atoms with van der Waals surface area (Å²) in [7, 11) is 2.00. The molecule has 4 nitrogen and oxygen atoms in total. The van der Waals surface area contributed by atoms with E-state index in [9.17, 15) is 0 Å². The molecular weight excluding hydrogens is 220 g/mol. The van der Waals surface area contributed by atoms with Gasteiger partial charge in [-0.05, 0) is 13.8 Å². The van der Waals surface area contributed by atoms with Crippen molar-refractivity contribution in [3.63, 3.8) is 0 Å². The molecule has 0 amide bonds. The van der Waals surface area contributed by atoms with Gasteiger partial charge in [-0.2, -0.15) is 0 Å². The van der Waals surface area contributed by atoms with Crippen molar-refractivity contribution in [1.29, 1.82) is 0 Å². The Bertz CT molecular complexity index is 460. The summed E-state index contributed by atoms with van der Waals surface area (Å²) in [6.45, 7) is 4.97. The van der Waals surface area contributed by atoms with Crippen LogP contribution in [-0.2, 0) is 13.6 Å². The first-order chi connectivity index (χ1) is 7.66. The van der Waals surface area contributed by atoms with Crippen molar-refractivity contribution in [2.24, 2.45) is 7.05 Å². The summed E-state index contributed by atoms with van der Waals surface area (Å²) in [6.07, 6.45) is 3.70. The summed E-state index contributed by atoms with van der Waals surface area (Å²) in [5, 5.41) is 6.66. The monoisotopic (exact) mass is 236 g/mol. The second kappa shape index (κ2) is 4.76. The molecule has 0 aliphatic heterocycles. The fourth-order valence-electron chi connectivity index (χ4n) is 1.47. The highest BCUT2D eigenvalue weighted by Crippen LogP contribution is 2.17. The average molecular weight is 236 g/mol. The number of thiazole rings is 1. The number of aryl methyl sites for hydroxylation is 2. The molecule has 0 saturated heterocycles. The van der Waals surface area contributed by atoms with Gasteiger partial charge in [-0.25, -0.2) is 9.97 Å². The SMILES string of the molecule is Cc1csc(C(C)NCc2cncn2C)n1. The third-order valence-electron chi connectivity index (χ3n) is 2.51. The lowest BCUT2D eigenvalue weighted by Gasteiger charge is -2.11. The molecule has 2 aromatic rings. The molecule has 0 aromatic carbocycles. The molecule has 1 N–H and O–H groups in total. The normalized spacial score (nSPS) is 12.9. The standard InChI is InChI=1S/C11H16N4S/c1-8-6-16-11(14-8)9(2)13-5-10-4-12-7-15(10)3/h4,6-7,9,13H,5H2,1-3H3. The maximum Gasteiger partial charge on any atom is 0.110 e. The second-order valence-electron chi connectivity index (χ2n) is 3.93. The number of imidazole rings is 1. The highest BCUT2D eigenvalue weighted by Gasteiger charge is 2.09. The molecule has 0 aliphatic carbocycles. The number of nitrogens with zero attached hydrogens (tertiary/aromatic N) is 3. The first-order valence-electron chi connectivity index (χ1n) is 5.27. The van der Waals surface area contributed by atoms with Gasteiger partial charge in [0, 0.05) is 30.9 Å². The summed E-state index contributed by atoms with van der Waals surface area (Å²) in [4.78, 5) is 8.55. The minimum absolute atomic E-state index is 0.286. The van der Waals surface area contributed by atoms with Crippen molar-refractivity contribution in [2.45, 2.75) is 26.4 Å². The predicted octanol–water partition coefficient (Wildman–Crippen LogP) is 2.04. The molecule has 2 aromatic heterocycles. The van der Waals surface area contributed by atoms with E-state index in [-0.39, 0.29) is 6.04 Å². The smallest absolute Gasteiger partial charge is 0.110 e. The second-order valence-corrected chi connectivity index (χ2v) is 4.82. The Labute approximate surface area is 99.4 Å². The highest BCUT2D eigenvalue weighted by molar-refractivity contribution is 7.09. The van der Waals surface area contributed by atoms with Crippen molar-refractivity contribution >= 4 is 11.3 Å². The van der Waals surface area contributed by atoms with Gasteiger partial charge in [0.05, 0.1) is 18.1 Å². The van der Waals surface area contributed by atoms with Crippen LogP contribution in [0.1, 0.15) is 29.4 Å². The van der Waals surface area contributed by atoms with Crippen LogP contribution in [0.5, 0.6) is 0 Å². The third kappa shape index (κ3) is 2.48. The molecule has 1 unspecified atom stereocenters. The predicted molar refractivity (Wildman–Crippen MR) is 65.3 cm³/mol. The van der Waals surface area contributed by atoms with Gasteiger partial charge >= 0.3 is 0 Å². The van der Waals surface area contributed by atoms with Crippen LogP contribution in [0, 0.1) is 6.92 Å². The van der Waals surface area contributed by atoms with E-state index >= 15 is 0 Å². The molecule has 2 rings (SSSR count). The Morgan fingerprint density at radius 2 is 2.38 bits per heavy atom. The lowest BCUT2D eigenvalue weighted by molar-refractivity contribution is 0.555. The fraction of sp³-hybridized carbons (Fsp3) is 0.455. The molecule has 0 fully saturated rings. The van der Waals surface area contributed by atoms with E-state index in [1.807, 2.05) is 31.1 Å². The van der Waals surface area contributed by atoms with Gasteiger partial charge in [0.2, 0.25) is 0 Å². The minimum Gasteiger partial charge on any atom is -0.337 e. The Morgan fingerprint density at radius 1 is 1.56 bits per heavy atom. The zero-order valence-corrected chi connectivity index (χ0v) is 10.6. The van der Waals surface area contributed by atoms with Crippen LogP contribution in [0.4, 0.5) is 0 Å². The minimum atomic E-state index is 0.286. The first kappa shape index (κ1) is 11.3. The van der Waals surface area contributed by atoms with Gasteiger partial charge < -0.3 is 9.88 Å². The lowest BCUT2D eigenvalue weighted by Crippen LogP contribution is -2.19. The summed E-state index contributed by atoms with van der Waals surface area (Å²) >= 11 is 1.70. The van der Waals surface area contributed by atoms with E-state index in [1.54, 1.807) is 11.3 Å². The van der Waals surface area contributed by atoms with Gasteiger partial charge in [-0.3, -0.25) is 0 Å². The number of aromatic nitrogens is 3. The summed E-state index contributed by atoms with van der Waals surface area (Å²) in [5.41, 5.74) is 2.27. The van der Waals surface area contributed by atoms with Crippen LogP contribution >= 0.6 is 11.3 Å².